The lowest BCUT2D eigenvalue weighted by Crippen LogP contribution is -2.40. The molecule has 142 valence electrons. The zero-order valence-corrected chi connectivity index (χ0v) is 16.8. The summed E-state index contributed by atoms with van der Waals surface area (Å²) in [6.07, 6.45) is 1.32. The van der Waals surface area contributed by atoms with Gasteiger partial charge in [-0.05, 0) is 20.3 Å². The number of carbonyl (C=O) groups is 1. The Morgan fingerprint density at radius 2 is 2.00 bits per heavy atom. The van der Waals surface area contributed by atoms with Crippen molar-refractivity contribution in [3.63, 3.8) is 0 Å². The van der Waals surface area contributed by atoms with Gasteiger partial charge in [-0.1, -0.05) is 43.2 Å². The van der Waals surface area contributed by atoms with Crippen molar-refractivity contribution in [2.75, 3.05) is 5.75 Å². The van der Waals surface area contributed by atoms with E-state index in [-0.39, 0.29) is 12.4 Å². The first-order chi connectivity index (χ1) is 12.3. The summed E-state index contributed by atoms with van der Waals surface area (Å²) in [6, 6.07) is 7.10. The number of unbranched alkanes of at least 4 members (excludes halogenated alkanes) is 1. The lowest BCUT2D eigenvalue weighted by molar-refractivity contribution is -0.146. The highest BCUT2D eigenvalue weighted by molar-refractivity contribution is 7.89. The lowest BCUT2D eigenvalue weighted by Gasteiger charge is -2.13. The average molecular weight is 397 g/mol. The Hall–Kier alpha value is -1.77. The number of esters is 1. The first-order valence-electron chi connectivity index (χ1n) is 8.49. The molecule has 0 saturated heterocycles. The molecule has 0 saturated carbocycles. The molecule has 1 atom stereocenters. The Bertz CT molecular complexity index is 829. The summed E-state index contributed by atoms with van der Waals surface area (Å²) < 4.78 is 31.2. The number of hydrogen-bond donors (Lipinski definition) is 1. The minimum atomic E-state index is -3.47. The fourth-order valence-electron chi connectivity index (χ4n) is 2.18. The van der Waals surface area contributed by atoms with E-state index >= 15 is 0 Å². The van der Waals surface area contributed by atoms with Crippen LogP contribution in [0.25, 0.3) is 10.6 Å². The van der Waals surface area contributed by atoms with Crippen LogP contribution in [0.4, 0.5) is 0 Å². The SMILES string of the molecule is CCCCS(=O)(=O)N[C@@H](C)C(=O)OCc1csc(-c2ccc(C)cc2)n1. The fraction of sp³-hybridized carbons (Fsp3) is 0.444. The van der Waals surface area contributed by atoms with Crippen LogP contribution in [-0.2, 0) is 26.2 Å². The largest absolute Gasteiger partial charge is 0.458 e. The zero-order valence-electron chi connectivity index (χ0n) is 15.2. The molecule has 0 aliphatic carbocycles. The summed E-state index contributed by atoms with van der Waals surface area (Å²) in [5, 5.41) is 2.68. The van der Waals surface area contributed by atoms with Crippen molar-refractivity contribution in [1.82, 2.24) is 9.71 Å². The summed E-state index contributed by atoms with van der Waals surface area (Å²) in [5.74, 6) is -0.609. The Kier molecular flexibility index (Phi) is 7.31. The van der Waals surface area contributed by atoms with Gasteiger partial charge in [0.05, 0.1) is 11.4 Å². The van der Waals surface area contributed by atoms with Crippen LogP contribution >= 0.6 is 11.3 Å². The van der Waals surface area contributed by atoms with Gasteiger partial charge in [0.2, 0.25) is 10.0 Å². The molecule has 0 amide bonds. The molecule has 0 fully saturated rings. The molecule has 2 aromatic rings. The molecule has 0 radical (unpaired) electrons. The number of ether oxygens (including phenoxy) is 1. The van der Waals surface area contributed by atoms with Crippen molar-refractivity contribution in [3.05, 3.63) is 40.9 Å². The van der Waals surface area contributed by atoms with E-state index in [0.29, 0.717) is 12.1 Å². The summed E-state index contributed by atoms with van der Waals surface area (Å²) in [7, 11) is -3.47. The molecule has 1 heterocycles. The van der Waals surface area contributed by atoms with Crippen molar-refractivity contribution in [3.8, 4) is 10.6 Å². The summed E-state index contributed by atoms with van der Waals surface area (Å²) in [5.41, 5.74) is 2.82. The van der Waals surface area contributed by atoms with Gasteiger partial charge in [-0.2, -0.15) is 0 Å². The number of aryl methyl sites for hydroxylation is 1. The van der Waals surface area contributed by atoms with Gasteiger partial charge in [-0.15, -0.1) is 11.3 Å². The molecule has 1 N–H and O–H groups in total. The van der Waals surface area contributed by atoms with E-state index in [9.17, 15) is 13.2 Å². The summed E-state index contributed by atoms with van der Waals surface area (Å²) >= 11 is 1.47. The molecular weight excluding hydrogens is 372 g/mol. The molecule has 1 aromatic heterocycles. The number of rotatable bonds is 9. The van der Waals surface area contributed by atoms with E-state index in [2.05, 4.69) is 9.71 Å². The summed E-state index contributed by atoms with van der Waals surface area (Å²) in [6.45, 7) is 5.42. The number of hydrogen-bond acceptors (Lipinski definition) is 6. The van der Waals surface area contributed by atoms with Gasteiger partial charge < -0.3 is 4.74 Å². The number of aromatic nitrogens is 1. The molecule has 26 heavy (non-hydrogen) atoms. The predicted molar refractivity (Wildman–Crippen MR) is 103 cm³/mol. The standard InChI is InChI=1S/C18H24N2O4S2/c1-4-5-10-26(22,23)20-14(3)18(21)24-11-16-12-25-17(19-16)15-8-6-13(2)7-9-15/h6-9,12,14,20H,4-5,10-11H2,1-3H3/t14-/m0/s1. The van der Waals surface area contributed by atoms with Crippen LogP contribution in [-0.4, -0.2) is 31.2 Å². The number of nitrogens with one attached hydrogen (secondary N) is 1. The lowest BCUT2D eigenvalue weighted by atomic mass is 10.2. The van der Waals surface area contributed by atoms with E-state index in [4.69, 9.17) is 4.74 Å². The van der Waals surface area contributed by atoms with E-state index in [1.54, 1.807) is 0 Å². The Morgan fingerprint density at radius 3 is 2.65 bits per heavy atom. The predicted octanol–water partition coefficient (Wildman–Crippen LogP) is 3.27. The second kappa shape index (κ2) is 9.25. The van der Waals surface area contributed by atoms with Crippen LogP contribution in [0.1, 0.15) is 37.9 Å². The Labute approximate surface area is 158 Å². The van der Waals surface area contributed by atoms with E-state index < -0.39 is 22.0 Å². The van der Waals surface area contributed by atoms with Gasteiger partial charge in [0.15, 0.2) is 0 Å². The Morgan fingerprint density at radius 1 is 1.31 bits per heavy atom. The third-order valence-corrected chi connectivity index (χ3v) is 6.17. The second-order valence-electron chi connectivity index (χ2n) is 6.13. The van der Waals surface area contributed by atoms with Gasteiger partial charge in [-0.3, -0.25) is 4.79 Å². The van der Waals surface area contributed by atoms with Crippen LogP contribution in [0.3, 0.4) is 0 Å². The molecule has 0 unspecified atom stereocenters. The molecule has 6 nitrogen and oxygen atoms in total. The number of nitrogens with zero attached hydrogens (tertiary/aromatic N) is 1. The topological polar surface area (TPSA) is 85.4 Å². The minimum absolute atomic E-state index is 0.00706. The Balaban J connectivity index is 1.88. The highest BCUT2D eigenvalue weighted by Gasteiger charge is 2.21. The maximum Gasteiger partial charge on any atom is 0.324 e. The first-order valence-corrected chi connectivity index (χ1v) is 11.0. The summed E-state index contributed by atoms with van der Waals surface area (Å²) in [4.78, 5) is 16.5. The van der Waals surface area contributed by atoms with Gasteiger partial charge in [0.1, 0.15) is 17.7 Å². The van der Waals surface area contributed by atoms with Crippen molar-refractivity contribution in [2.24, 2.45) is 0 Å². The quantitative estimate of drug-likeness (QED) is 0.658. The zero-order chi connectivity index (χ0) is 19.2. The highest BCUT2D eigenvalue weighted by atomic mass is 32.2. The van der Waals surface area contributed by atoms with Gasteiger partial charge >= 0.3 is 5.97 Å². The van der Waals surface area contributed by atoms with E-state index in [1.807, 2.05) is 43.5 Å². The molecule has 1 aromatic carbocycles. The van der Waals surface area contributed by atoms with Crippen molar-refractivity contribution in [2.45, 2.75) is 46.3 Å². The molecule has 8 heteroatoms. The van der Waals surface area contributed by atoms with Gasteiger partial charge in [0, 0.05) is 10.9 Å². The van der Waals surface area contributed by atoms with Gasteiger partial charge in [-0.25, -0.2) is 18.1 Å². The normalized spacial score (nSPS) is 12.7. The van der Waals surface area contributed by atoms with Crippen LogP contribution in [0.15, 0.2) is 29.6 Å². The second-order valence-corrected chi connectivity index (χ2v) is 8.86. The third kappa shape index (κ3) is 6.19. The fourth-order valence-corrected chi connectivity index (χ4v) is 4.41. The molecule has 2 rings (SSSR count). The molecular formula is C18H24N2O4S2. The molecule has 0 bridgehead atoms. The average Bonchev–Trinajstić information content (AvgIpc) is 3.07. The molecule has 0 spiro atoms. The van der Waals surface area contributed by atoms with E-state index in [1.165, 1.54) is 23.8 Å². The van der Waals surface area contributed by atoms with Crippen LogP contribution in [0.5, 0.6) is 0 Å². The first kappa shape index (κ1) is 20.5. The number of benzene rings is 1. The van der Waals surface area contributed by atoms with Crippen LogP contribution in [0, 0.1) is 6.92 Å². The van der Waals surface area contributed by atoms with Crippen molar-refractivity contribution >= 4 is 27.3 Å². The van der Waals surface area contributed by atoms with Crippen molar-refractivity contribution in [1.29, 1.82) is 0 Å². The van der Waals surface area contributed by atoms with E-state index in [0.717, 1.165) is 17.0 Å². The van der Waals surface area contributed by atoms with Crippen molar-refractivity contribution < 1.29 is 17.9 Å². The monoisotopic (exact) mass is 396 g/mol. The minimum Gasteiger partial charge on any atom is -0.458 e. The molecule has 0 aliphatic heterocycles. The van der Waals surface area contributed by atoms with Gasteiger partial charge in [0.25, 0.3) is 0 Å². The smallest absolute Gasteiger partial charge is 0.324 e. The number of thiazole rings is 1. The maximum atomic E-state index is 12.0. The number of sulfonamides is 1. The maximum absolute atomic E-state index is 12.0. The van der Waals surface area contributed by atoms with Crippen LogP contribution in [0.2, 0.25) is 0 Å². The highest BCUT2D eigenvalue weighted by Crippen LogP contribution is 2.24. The third-order valence-electron chi connectivity index (χ3n) is 3.69. The number of carbonyl (C=O) groups excluding carboxylic acids is 1. The van der Waals surface area contributed by atoms with Crippen LogP contribution < -0.4 is 4.72 Å². The molecule has 0 aliphatic rings.